The minimum absolute atomic E-state index is 1.35. The molecule has 0 N–H and O–H groups in total. The molecule has 2 heteroatoms. The Hall–Kier alpha value is -1.82. The van der Waals surface area contributed by atoms with Gasteiger partial charge in [-0.1, -0.05) is 12.1 Å². The molecule has 0 saturated heterocycles. The molecule has 0 aliphatic carbocycles. The smallest absolute Gasteiger partial charge is 0.0345 e. The number of thiophene rings is 2. The van der Waals surface area contributed by atoms with Crippen LogP contribution in [0.15, 0.2) is 47.2 Å². The van der Waals surface area contributed by atoms with Gasteiger partial charge in [-0.3, -0.25) is 0 Å². The molecule has 0 aliphatic rings. The minimum Gasteiger partial charge on any atom is -0.144 e. The van der Waals surface area contributed by atoms with E-state index >= 15 is 0 Å². The molecule has 3 aromatic rings. The second-order valence-corrected chi connectivity index (χ2v) is 6.62. The number of benzene rings is 1. The fraction of sp³-hybridized carbons (Fsp3) is 0.158. The van der Waals surface area contributed by atoms with Gasteiger partial charge >= 0.3 is 0 Å². The van der Waals surface area contributed by atoms with Gasteiger partial charge in [-0.05, 0) is 78.1 Å². The maximum Gasteiger partial charge on any atom is 0.0345 e. The van der Waals surface area contributed by atoms with Crippen LogP contribution in [0.4, 0.5) is 0 Å². The maximum absolute atomic E-state index is 4.60. The SMILES string of the molecule is C#CC.Cc1cc(-c2cccs2)c(C)cc1-c1cccs1. The van der Waals surface area contributed by atoms with E-state index < -0.39 is 0 Å². The Labute approximate surface area is 135 Å². The van der Waals surface area contributed by atoms with Gasteiger partial charge in [0.1, 0.15) is 0 Å². The van der Waals surface area contributed by atoms with E-state index in [-0.39, 0.29) is 0 Å². The summed E-state index contributed by atoms with van der Waals surface area (Å²) in [6.07, 6.45) is 4.60. The van der Waals surface area contributed by atoms with E-state index in [0.29, 0.717) is 0 Å². The van der Waals surface area contributed by atoms with Crippen molar-refractivity contribution >= 4 is 22.7 Å². The summed E-state index contributed by atoms with van der Waals surface area (Å²) in [5.41, 5.74) is 5.43. The molecule has 1 aromatic carbocycles. The molecule has 0 amide bonds. The average Bonchev–Trinajstić information content (AvgIpc) is 3.13. The number of terminal acetylenes is 1. The molecule has 0 saturated carbocycles. The zero-order valence-corrected chi connectivity index (χ0v) is 14.1. The van der Waals surface area contributed by atoms with Gasteiger partial charge in [0.15, 0.2) is 0 Å². The molecule has 0 spiro atoms. The largest absolute Gasteiger partial charge is 0.144 e. The fourth-order valence-corrected chi connectivity index (χ4v) is 3.83. The Morgan fingerprint density at radius 2 is 1.24 bits per heavy atom. The number of hydrogen-bond donors (Lipinski definition) is 0. The molecular weight excluding hydrogens is 292 g/mol. The predicted molar refractivity (Wildman–Crippen MR) is 97.0 cm³/mol. The van der Waals surface area contributed by atoms with E-state index in [4.69, 9.17) is 0 Å². The first-order valence-corrected chi connectivity index (χ1v) is 8.49. The highest BCUT2D eigenvalue weighted by molar-refractivity contribution is 7.13. The molecule has 2 aromatic heterocycles. The van der Waals surface area contributed by atoms with Crippen molar-refractivity contribution in [2.24, 2.45) is 0 Å². The summed E-state index contributed by atoms with van der Waals surface area (Å²) in [5, 5.41) is 4.27. The molecule has 0 bridgehead atoms. The van der Waals surface area contributed by atoms with Crippen LogP contribution in [0.2, 0.25) is 0 Å². The van der Waals surface area contributed by atoms with Crippen LogP contribution in [0.5, 0.6) is 0 Å². The first kappa shape index (κ1) is 15.6. The summed E-state index contributed by atoms with van der Waals surface area (Å²) in [6.45, 7) is 6.05. The summed E-state index contributed by atoms with van der Waals surface area (Å²) in [4.78, 5) is 2.71. The Kier molecular flexibility index (Phi) is 5.38. The second-order valence-electron chi connectivity index (χ2n) is 4.73. The van der Waals surface area contributed by atoms with E-state index in [9.17, 15) is 0 Å². The first-order valence-electron chi connectivity index (χ1n) is 6.73. The van der Waals surface area contributed by atoms with Crippen molar-refractivity contribution in [3.05, 3.63) is 58.3 Å². The topological polar surface area (TPSA) is 0 Å². The van der Waals surface area contributed by atoms with Gasteiger partial charge in [0.25, 0.3) is 0 Å². The maximum atomic E-state index is 4.60. The van der Waals surface area contributed by atoms with E-state index in [1.165, 1.54) is 32.0 Å². The van der Waals surface area contributed by atoms with E-state index in [2.05, 4.69) is 73.3 Å². The van der Waals surface area contributed by atoms with Crippen LogP contribution in [0.3, 0.4) is 0 Å². The van der Waals surface area contributed by atoms with Crippen LogP contribution in [-0.2, 0) is 0 Å². The van der Waals surface area contributed by atoms with Crippen LogP contribution in [0, 0.1) is 26.2 Å². The summed E-state index contributed by atoms with van der Waals surface area (Å²) in [5.74, 6) is 2.25. The van der Waals surface area contributed by atoms with E-state index in [0.717, 1.165) is 0 Å². The van der Waals surface area contributed by atoms with Gasteiger partial charge in [-0.25, -0.2) is 0 Å². The molecule has 0 radical (unpaired) electrons. The first-order chi connectivity index (χ1) is 10.2. The van der Waals surface area contributed by atoms with Crippen LogP contribution < -0.4 is 0 Å². The fourth-order valence-electron chi connectivity index (χ4n) is 2.21. The molecule has 0 unspecified atom stereocenters. The van der Waals surface area contributed by atoms with Crippen LogP contribution in [0.25, 0.3) is 20.9 Å². The lowest BCUT2D eigenvalue weighted by atomic mass is 9.98. The molecule has 0 atom stereocenters. The van der Waals surface area contributed by atoms with Gasteiger partial charge in [-0.2, -0.15) is 0 Å². The van der Waals surface area contributed by atoms with Gasteiger partial charge in [0.2, 0.25) is 0 Å². The molecule has 2 heterocycles. The molecule has 106 valence electrons. The molecule has 0 fully saturated rings. The number of rotatable bonds is 2. The van der Waals surface area contributed by atoms with Crippen molar-refractivity contribution < 1.29 is 0 Å². The van der Waals surface area contributed by atoms with Gasteiger partial charge in [0.05, 0.1) is 0 Å². The van der Waals surface area contributed by atoms with Crippen molar-refractivity contribution in [3.63, 3.8) is 0 Å². The van der Waals surface area contributed by atoms with Crippen LogP contribution in [-0.4, -0.2) is 0 Å². The molecule has 3 rings (SSSR count). The van der Waals surface area contributed by atoms with Crippen LogP contribution >= 0.6 is 22.7 Å². The molecule has 0 nitrogen and oxygen atoms in total. The van der Waals surface area contributed by atoms with Crippen molar-refractivity contribution in [3.8, 4) is 33.2 Å². The average molecular weight is 310 g/mol. The molecule has 0 aliphatic heterocycles. The Morgan fingerprint density at radius 3 is 1.52 bits per heavy atom. The minimum atomic E-state index is 1.35. The van der Waals surface area contributed by atoms with Crippen molar-refractivity contribution in [2.75, 3.05) is 0 Å². The van der Waals surface area contributed by atoms with Gasteiger partial charge < -0.3 is 0 Å². The third-order valence-corrected chi connectivity index (χ3v) is 4.95. The predicted octanol–water partition coefficient (Wildman–Crippen LogP) is 6.40. The lowest BCUT2D eigenvalue weighted by molar-refractivity contribution is 1.41. The lowest BCUT2D eigenvalue weighted by Gasteiger charge is -2.10. The second kappa shape index (κ2) is 7.26. The standard InChI is InChI=1S/C16H14S2.C3H4/c1-11-9-14(16-6-4-8-18-16)12(2)10-13(11)15-5-3-7-17-15;1-3-2/h3-10H,1-2H3;1H,2H3. The third-order valence-electron chi connectivity index (χ3n) is 3.14. The lowest BCUT2D eigenvalue weighted by Crippen LogP contribution is -1.87. The summed E-state index contributed by atoms with van der Waals surface area (Å²) in [6, 6.07) is 13.2. The quantitative estimate of drug-likeness (QED) is 0.480. The monoisotopic (exact) mass is 310 g/mol. The Balaban J connectivity index is 0.000000497. The zero-order valence-electron chi connectivity index (χ0n) is 12.5. The van der Waals surface area contributed by atoms with E-state index in [1.54, 1.807) is 29.6 Å². The normalized spacial score (nSPS) is 9.62. The Bertz CT molecular complexity index is 667. The molecule has 21 heavy (non-hydrogen) atoms. The summed E-state index contributed by atoms with van der Waals surface area (Å²) < 4.78 is 0. The third kappa shape index (κ3) is 3.64. The van der Waals surface area contributed by atoms with Crippen LogP contribution in [0.1, 0.15) is 18.1 Å². The summed E-state index contributed by atoms with van der Waals surface area (Å²) >= 11 is 3.61. The highest BCUT2D eigenvalue weighted by atomic mass is 32.1. The van der Waals surface area contributed by atoms with Crippen molar-refractivity contribution in [1.82, 2.24) is 0 Å². The Morgan fingerprint density at radius 1 is 0.857 bits per heavy atom. The number of aryl methyl sites for hydroxylation is 2. The van der Waals surface area contributed by atoms with Gasteiger partial charge in [-0.15, -0.1) is 35.0 Å². The molecular formula is C19H18S2. The van der Waals surface area contributed by atoms with Crippen molar-refractivity contribution in [1.29, 1.82) is 0 Å². The summed E-state index contributed by atoms with van der Waals surface area (Å²) in [7, 11) is 0. The highest BCUT2D eigenvalue weighted by Gasteiger charge is 2.09. The highest BCUT2D eigenvalue weighted by Crippen LogP contribution is 2.35. The van der Waals surface area contributed by atoms with Crippen molar-refractivity contribution in [2.45, 2.75) is 20.8 Å². The van der Waals surface area contributed by atoms with Gasteiger partial charge in [0, 0.05) is 9.75 Å². The number of hydrogen-bond acceptors (Lipinski definition) is 2. The zero-order chi connectivity index (χ0) is 15.2. The van der Waals surface area contributed by atoms with E-state index in [1.807, 2.05) is 0 Å².